The monoisotopic (exact) mass is 359 g/mol. The molecule has 1 aliphatic rings. The van der Waals surface area contributed by atoms with Crippen LogP contribution in [0.2, 0.25) is 0 Å². The lowest BCUT2D eigenvalue weighted by Gasteiger charge is -2.21. The molecule has 0 amide bonds. The molecule has 1 N–H and O–H groups in total. The lowest BCUT2D eigenvalue weighted by atomic mass is 10.0. The summed E-state index contributed by atoms with van der Waals surface area (Å²) in [4.78, 5) is 24.1. The fraction of sp³-hybridized carbons (Fsp3) is 0.238. The van der Waals surface area contributed by atoms with Crippen molar-refractivity contribution in [1.29, 1.82) is 5.41 Å². The second-order valence-electron chi connectivity index (χ2n) is 6.94. The van der Waals surface area contributed by atoms with E-state index in [4.69, 9.17) is 5.41 Å². The Labute approximate surface area is 157 Å². The lowest BCUT2D eigenvalue weighted by molar-refractivity contribution is 0.369. The molecule has 0 fully saturated rings. The van der Waals surface area contributed by atoms with Crippen molar-refractivity contribution in [3.8, 4) is 11.3 Å². The summed E-state index contributed by atoms with van der Waals surface area (Å²) in [6.07, 6.45) is 7.84. The second-order valence-corrected chi connectivity index (χ2v) is 6.94. The quantitative estimate of drug-likeness (QED) is 0.730. The molecule has 0 bridgehead atoms. The first kappa shape index (κ1) is 17.3. The summed E-state index contributed by atoms with van der Waals surface area (Å²) in [7, 11) is 2.09. The molecular formula is C21H21N5O. The molecule has 0 saturated heterocycles. The van der Waals surface area contributed by atoms with Crippen molar-refractivity contribution < 1.29 is 0 Å². The second kappa shape index (κ2) is 6.89. The summed E-state index contributed by atoms with van der Waals surface area (Å²) < 4.78 is 1.55. The van der Waals surface area contributed by atoms with E-state index in [0.717, 1.165) is 41.9 Å². The van der Waals surface area contributed by atoms with Gasteiger partial charge in [-0.1, -0.05) is 18.2 Å². The fourth-order valence-corrected chi connectivity index (χ4v) is 3.29. The van der Waals surface area contributed by atoms with Gasteiger partial charge in [-0.15, -0.1) is 0 Å². The average molecular weight is 359 g/mol. The summed E-state index contributed by atoms with van der Waals surface area (Å²) in [5.41, 5.74) is 5.63. The van der Waals surface area contributed by atoms with Crippen LogP contribution in [0.5, 0.6) is 0 Å². The number of hydrogen-bond donors (Lipinski definition) is 1. The van der Waals surface area contributed by atoms with E-state index in [1.54, 1.807) is 16.8 Å². The summed E-state index contributed by atoms with van der Waals surface area (Å²) in [6, 6.07) is 7.28. The topological polar surface area (TPSA) is 74.3 Å². The number of likely N-dealkylation sites (N-methyl/N-ethyl adjacent to an activating group) is 1. The first-order chi connectivity index (χ1) is 13.0. The van der Waals surface area contributed by atoms with Gasteiger partial charge >= 0.3 is 0 Å². The van der Waals surface area contributed by atoms with E-state index in [0.29, 0.717) is 11.3 Å². The zero-order valence-corrected chi connectivity index (χ0v) is 15.4. The molecule has 0 atom stereocenters. The Morgan fingerprint density at radius 3 is 2.81 bits per heavy atom. The van der Waals surface area contributed by atoms with E-state index in [1.165, 1.54) is 17.9 Å². The SMILES string of the molecule is Cc1ccc(-c2cc(=O)n3cc(C4=CCN(C)CC4)ncc3n2)cc1C=N. The van der Waals surface area contributed by atoms with E-state index in [-0.39, 0.29) is 5.56 Å². The predicted octanol–water partition coefficient (Wildman–Crippen LogP) is 2.78. The molecule has 1 aliphatic heterocycles. The van der Waals surface area contributed by atoms with Crippen molar-refractivity contribution in [3.63, 3.8) is 0 Å². The Balaban J connectivity index is 1.78. The highest BCUT2D eigenvalue weighted by Gasteiger charge is 2.13. The first-order valence-corrected chi connectivity index (χ1v) is 8.94. The molecule has 3 heterocycles. The molecule has 4 rings (SSSR count). The minimum atomic E-state index is -0.135. The van der Waals surface area contributed by atoms with Gasteiger partial charge < -0.3 is 10.3 Å². The van der Waals surface area contributed by atoms with Crippen LogP contribution < -0.4 is 5.56 Å². The molecule has 27 heavy (non-hydrogen) atoms. The van der Waals surface area contributed by atoms with E-state index >= 15 is 0 Å². The highest BCUT2D eigenvalue weighted by atomic mass is 16.1. The van der Waals surface area contributed by atoms with Crippen molar-refractivity contribution in [1.82, 2.24) is 19.3 Å². The molecule has 3 aromatic rings. The summed E-state index contributed by atoms with van der Waals surface area (Å²) in [5, 5.41) is 7.52. The largest absolute Gasteiger partial charge is 0.308 e. The van der Waals surface area contributed by atoms with Gasteiger partial charge in [0.25, 0.3) is 5.56 Å². The van der Waals surface area contributed by atoms with Crippen molar-refractivity contribution in [2.75, 3.05) is 20.1 Å². The first-order valence-electron chi connectivity index (χ1n) is 8.94. The van der Waals surface area contributed by atoms with E-state index in [2.05, 4.69) is 28.0 Å². The van der Waals surface area contributed by atoms with Crippen LogP contribution in [0.3, 0.4) is 0 Å². The van der Waals surface area contributed by atoms with Gasteiger partial charge in [0.2, 0.25) is 0 Å². The predicted molar refractivity (Wildman–Crippen MR) is 107 cm³/mol. The third kappa shape index (κ3) is 3.31. The number of benzene rings is 1. The van der Waals surface area contributed by atoms with Crippen LogP contribution in [0.1, 0.15) is 23.2 Å². The van der Waals surface area contributed by atoms with Crippen molar-refractivity contribution in [2.45, 2.75) is 13.3 Å². The minimum absolute atomic E-state index is 0.135. The Morgan fingerprint density at radius 1 is 1.22 bits per heavy atom. The van der Waals surface area contributed by atoms with Crippen LogP contribution in [0.25, 0.3) is 22.5 Å². The molecule has 0 spiro atoms. The Bertz CT molecular complexity index is 1130. The molecule has 2 aromatic heterocycles. The maximum absolute atomic E-state index is 12.7. The van der Waals surface area contributed by atoms with E-state index in [9.17, 15) is 4.79 Å². The van der Waals surface area contributed by atoms with Crippen molar-refractivity contribution in [2.24, 2.45) is 0 Å². The van der Waals surface area contributed by atoms with Crippen LogP contribution in [-0.2, 0) is 0 Å². The maximum atomic E-state index is 12.7. The Kier molecular flexibility index (Phi) is 4.41. The van der Waals surface area contributed by atoms with Crippen LogP contribution in [0.15, 0.2) is 47.5 Å². The fourth-order valence-electron chi connectivity index (χ4n) is 3.29. The smallest absolute Gasteiger partial charge is 0.258 e. The number of aryl methyl sites for hydroxylation is 1. The number of hydrogen-bond acceptors (Lipinski definition) is 5. The number of nitrogens with one attached hydrogen (secondary N) is 1. The standard InChI is InChI=1S/C21H21N5O/c1-14-3-4-16(9-17(14)11-22)18-10-21(27)26-13-19(23-12-20(26)24-18)15-5-7-25(2)8-6-15/h3-5,9-13,22H,6-8H2,1-2H3. The molecule has 136 valence electrons. The van der Waals surface area contributed by atoms with Crippen LogP contribution >= 0.6 is 0 Å². The highest BCUT2D eigenvalue weighted by molar-refractivity contribution is 5.82. The zero-order valence-electron chi connectivity index (χ0n) is 15.4. The third-order valence-corrected chi connectivity index (χ3v) is 5.02. The summed E-state index contributed by atoms with van der Waals surface area (Å²) in [6.45, 7) is 3.83. The van der Waals surface area contributed by atoms with Crippen molar-refractivity contribution >= 4 is 17.4 Å². The van der Waals surface area contributed by atoms with Gasteiger partial charge in [-0.25, -0.2) is 4.98 Å². The van der Waals surface area contributed by atoms with Crippen LogP contribution in [0.4, 0.5) is 0 Å². The number of nitrogens with zero attached hydrogens (tertiary/aromatic N) is 4. The van der Waals surface area contributed by atoms with Crippen LogP contribution in [-0.4, -0.2) is 45.6 Å². The molecule has 6 nitrogen and oxygen atoms in total. The molecule has 0 aliphatic carbocycles. The Hall–Kier alpha value is -3.12. The minimum Gasteiger partial charge on any atom is -0.308 e. The van der Waals surface area contributed by atoms with Gasteiger partial charge in [0.15, 0.2) is 5.65 Å². The van der Waals surface area contributed by atoms with Crippen molar-refractivity contribution in [3.05, 3.63) is 69.9 Å². The maximum Gasteiger partial charge on any atom is 0.258 e. The van der Waals surface area contributed by atoms with Gasteiger partial charge in [0.05, 0.1) is 17.6 Å². The normalized spacial score (nSPS) is 15.0. The molecule has 1 aromatic carbocycles. The molecule has 6 heteroatoms. The molecule has 0 radical (unpaired) electrons. The van der Waals surface area contributed by atoms with Gasteiger partial charge in [0.1, 0.15) is 0 Å². The summed E-state index contributed by atoms with van der Waals surface area (Å²) >= 11 is 0. The third-order valence-electron chi connectivity index (χ3n) is 5.02. The average Bonchev–Trinajstić information content (AvgIpc) is 2.68. The number of aromatic nitrogens is 3. The van der Waals surface area contributed by atoms with Gasteiger partial charge in [-0.3, -0.25) is 14.2 Å². The lowest BCUT2D eigenvalue weighted by Crippen LogP contribution is -2.24. The van der Waals surface area contributed by atoms with Gasteiger partial charge in [-0.2, -0.15) is 0 Å². The van der Waals surface area contributed by atoms with Crippen LogP contribution in [0, 0.1) is 12.3 Å². The number of rotatable bonds is 3. The van der Waals surface area contributed by atoms with E-state index < -0.39 is 0 Å². The van der Waals surface area contributed by atoms with Gasteiger partial charge in [-0.05, 0) is 43.2 Å². The zero-order chi connectivity index (χ0) is 19.0. The number of fused-ring (bicyclic) bond motifs is 1. The highest BCUT2D eigenvalue weighted by Crippen LogP contribution is 2.22. The summed E-state index contributed by atoms with van der Waals surface area (Å²) in [5.74, 6) is 0. The molecule has 0 unspecified atom stereocenters. The molecule has 0 saturated carbocycles. The van der Waals surface area contributed by atoms with E-state index in [1.807, 2.05) is 25.1 Å². The Morgan fingerprint density at radius 2 is 2.07 bits per heavy atom. The molecular weight excluding hydrogens is 338 g/mol. The van der Waals surface area contributed by atoms with Gasteiger partial charge in [0, 0.05) is 37.1 Å².